The first-order valence-electron chi connectivity index (χ1n) is 5.73. The topological polar surface area (TPSA) is 105 Å². The fourth-order valence-electron chi connectivity index (χ4n) is 1.49. The summed E-state index contributed by atoms with van der Waals surface area (Å²) in [6.45, 7) is 6.88. The predicted octanol–water partition coefficient (Wildman–Crippen LogP) is -0.408. The number of nitrogens with zero attached hydrogens (tertiary/aromatic N) is 1. The van der Waals surface area contributed by atoms with Crippen LogP contribution in [0.25, 0.3) is 0 Å². The first-order valence-corrected chi connectivity index (χ1v) is 5.73. The van der Waals surface area contributed by atoms with Gasteiger partial charge in [0, 0.05) is 12.1 Å². The van der Waals surface area contributed by atoms with E-state index in [1.54, 1.807) is 27.7 Å². The minimum absolute atomic E-state index is 0. The minimum Gasteiger partial charge on any atom is -0.353 e. The van der Waals surface area contributed by atoms with Gasteiger partial charge >= 0.3 is 6.03 Å². The molecule has 1 aliphatic rings. The monoisotopic (exact) mass is 292 g/mol. The summed E-state index contributed by atoms with van der Waals surface area (Å²) in [6, 6.07) is -0.549. The molecule has 0 spiro atoms. The number of carbonyl (C=O) groups excluding carboxylic acids is 3. The summed E-state index contributed by atoms with van der Waals surface area (Å²) >= 11 is 0. The molecule has 8 heteroatoms. The van der Waals surface area contributed by atoms with E-state index >= 15 is 0 Å². The molecule has 1 aliphatic heterocycles. The second-order valence-electron chi connectivity index (χ2n) is 5.67. The van der Waals surface area contributed by atoms with Crippen LogP contribution in [0.4, 0.5) is 4.79 Å². The predicted molar refractivity (Wildman–Crippen MR) is 72.8 cm³/mol. The zero-order valence-corrected chi connectivity index (χ0v) is 12.4. The normalized spacial score (nSPS) is 17.8. The molecule has 7 nitrogen and oxygen atoms in total. The summed E-state index contributed by atoms with van der Waals surface area (Å²) in [5.41, 5.74) is 4.21. The number of hydrogen-bond acceptors (Lipinski definition) is 4. The zero-order chi connectivity index (χ0) is 14.1. The van der Waals surface area contributed by atoms with E-state index in [1.807, 2.05) is 0 Å². The molecule has 1 saturated heterocycles. The third kappa shape index (κ3) is 4.36. The van der Waals surface area contributed by atoms with Crippen molar-refractivity contribution in [3.8, 4) is 0 Å². The minimum atomic E-state index is -1.01. The van der Waals surface area contributed by atoms with Crippen LogP contribution < -0.4 is 16.4 Å². The van der Waals surface area contributed by atoms with Crippen LogP contribution in [0.5, 0.6) is 0 Å². The van der Waals surface area contributed by atoms with Gasteiger partial charge in [-0.2, -0.15) is 0 Å². The molecule has 19 heavy (non-hydrogen) atoms. The van der Waals surface area contributed by atoms with E-state index in [0.717, 1.165) is 0 Å². The summed E-state index contributed by atoms with van der Waals surface area (Å²) < 4.78 is 0. The van der Waals surface area contributed by atoms with E-state index in [0.29, 0.717) is 6.54 Å². The fourth-order valence-corrected chi connectivity index (χ4v) is 1.49. The molecule has 1 fully saturated rings. The number of imide groups is 1. The van der Waals surface area contributed by atoms with Crippen LogP contribution >= 0.6 is 12.4 Å². The number of halogens is 1. The van der Waals surface area contributed by atoms with Crippen LogP contribution in [-0.2, 0) is 9.59 Å². The van der Waals surface area contributed by atoms with Gasteiger partial charge in [-0.3, -0.25) is 14.9 Å². The highest BCUT2D eigenvalue weighted by Crippen LogP contribution is 2.19. The Morgan fingerprint density at radius 3 is 2.32 bits per heavy atom. The fraction of sp³-hybridized carbons (Fsp3) is 0.727. The lowest BCUT2D eigenvalue weighted by molar-refractivity contribution is -0.127. The molecule has 110 valence electrons. The Kier molecular flexibility index (Phi) is 5.34. The van der Waals surface area contributed by atoms with E-state index in [2.05, 4.69) is 10.6 Å². The van der Waals surface area contributed by atoms with E-state index in [4.69, 9.17) is 5.73 Å². The third-order valence-corrected chi connectivity index (χ3v) is 2.74. The summed E-state index contributed by atoms with van der Waals surface area (Å²) in [7, 11) is 0. The van der Waals surface area contributed by atoms with Crippen LogP contribution in [0.2, 0.25) is 0 Å². The van der Waals surface area contributed by atoms with Crippen molar-refractivity contribution in [1.29, 1.82) is 0 Å². The van der Waals surface area contributed by atoms with E-state index in [1.165, 1.54) is 4.90 Å². The molecule has 4 amide bonds. The molecule has 0 unspecified atom stereocenters. The molecule has 4 N–H and O–H groups in total. The van der Waals surface area contributed by atoms with Crippen LogP contribution in [0, 0.1) is 0 Å². The molecule has 0 radical (unpaired) electrons. The van der Waals surface area contributed by atoms with Gasteiger partial charge in [-0.25, -0.2) is 4.79 Å². The van der Waals surface area contributed by atoms with Crippen LogP contribution in [0.15, 0.2) is 0 Å². The second-order valence-corrected chi connectivity index (χ2v) is 5.67. The Hall–Kier alpha value is -1.34. The third-order valence-electron chi connectivity index (χ3n) is 2.74. The van der Waals surface area contributed by atoms with Crippen LogP contribution in [-0.4, -0.2) is 46.9 Å². The number of carbonyl (C=O) groups is 3. The lowest BCUT2D eigenvalue weighted by Gasteiger charge is -2.27. The van der Waals surface area contributed by atoms with Gasteiger partial charge in [0.15, 0.2) is 0 Å². The summed E-state index contributed by atoms with van der Waals surface area (Å²) in [4.78, 5) is 35.9. The zero-order valence-electron chi connectivity index (χ0n) is 11.6. The van der Waals surface area contributed by atoms with Crippen LogP contribution in [0.1, 0.15) is 27.7 Å². The summed E-state index contributed by atoms with van der Waals surface area (Å²) in [6.07, 6.45) is 0. The Balaban J connectivity index is 0.00000324. The van der Waals surface area contributed by atoms with Crippen molar-refractivity contribution in [2.45, 2.75) is 38.8 Å². The summed E-state index contributed by atoms with van der Waals surface area (Å²) in [5, 5.41) is 4.80. The highest BCUT2D eigenvalue weighted by atomic mass is 35.5. The van der Waals surface area contributed by atoms with Gasteiger partial charge in [0.25, 0.3) is 5.91 Å². The quantitative estimate of drug-likeness (QED) is 0.613. The maximum atomic E-state index is 11.7. The second kappa shape index (κ2) is 5.75. The Labute approximate surface area is 118 Å². The van der Waals surface area contributed by atoms with Crippen molar-refractivity contribution in [1.82, 2.24) is 15.5 Å². The maximum absolute atomic E-state index is 11.7. The average Bonchev–Trinajstić information content (AvgIpc) is 2.37. The molecular formula is C11H21ClN4O3. The first-order chi connectivity index (χ1) is 8.04. The van der Waals surface area contributed by atoms with Gasteiger partial charge in [0.1, 0.15) is 12.1 Å². The number of nitrogens with two attached hydrogens (primary N) is 1. The number of nitrogens with one attached hydrogen (secondary N) is 2. The Morgan fingerprint density at radius 2 is 1.95 bits per heavy atom. The highest BCUT2D eigenvalue weighted by Gasteiger charge is 2.46. The van der Waals surface area contributed by atoms with Gasteiger partial charge in [-0.15, -0.1) is 12.4 Å². The van der Waals surface area contributed by atoms with Gasteiger partial charge in [-0.05, 0) is 27.7 Å². The molecule has 0 bridgehead atoms. The van der Waals surface area contributed by atoms with Crippen molar-refractivity contribution in [2.75, 3.05) is 13.1 Å². The first kappa shape index (κ1) is 17.7. The number of amides is 4. The van der Waals surface area contributed by atoms with Crippen molar-refractivity contribution >= 4 is 30.3 Å². The van der Waals surface area contributed by atoms with Gasteiger partial charge in [0.2, 0.25) is 5.91 Å². The van der Waals surface area contributed by atoms with E-state index < -0.39 is 23.0 Å². The van der Waals surface area contributed by atoms with E-state index in [9.17, 15) is 14.4 Å². The standard InChI is InChI=1S/C11H20N4O3.ClH/c1-10(2,12)6-13-7(16)5-15-9(18)14-8(17)11(15,3)4;/h5-6,12H2,1-4H3,(H,13,16)(H,14,17,18);1H. The molecule has 0 saturated carbocycles. The highest BCUT2D eigenvalue weighted by molar-refractivity contribution is 6.07. The molecule has 0 aromatic carbocycles. The number of urea groups is 1. The molecule has 1 rings (SSSR count). The molecular weight excluding hydrogens is 272 g/mol. The van der Waals surface area contributed by atoms with E-state index in [-0.39, 0.29) is 24.9 Å². The smallest absolute Gasteiger partial charge is 0.325 e. The lowest BCUT2D eigenvalue weighted by atomic mass is 10.0. The average molecular weight is 293 g/mol. The lowest BCUT2D eigenvalue weighted by Crippen LogP contribution is -2.51. The molecule has 0 aromatic rings. The number of hydrogen-bond donors (Lipinski definition) is 3. The molecule has 0 aliphatic carbocycles. The van der Waals surface area contributed by atoms with Crippen molar-refractivity contribution < 1.29 is 14.4 Å². The van der Waals surface area contributed by atoms with Crippen molar-refractivity contribution in [3.05, 3.63) is 0 Å². The number of rotatable bonds is 4. The molecule has 0 atom stereocenters. The SMILES string of the molecule is CC(C)(N)CNC(=O)CN1C(=O)NC(=O)C1(C)C.Cl. The Bertz CT molecular complexity index is 390. The van der Waals surface area contributed by atoms with Gasteiger partial charge < -0.3 is 16.0 Å². The largest absolute Gasteiger partial charge is 0.353 e. The van der Waals surface area contributed by atoms with Crippen LogP contribution in [0.3, 0.4) is 0 Å². The van der Waals surface area contributed by atoms with Crippen molar-refractivity contribution in [3.63, 3.8) is 0 Å². The Morgan fingerprint density at radius 1 is 1.42 bits per heavy atom. The van der Waals surface area contributed by atoms with Gasteiger partial charge in [-0.1, -0.05) is 0 Å². The van der Waals surface area contributed by atoms with Crippen molar-refractivity contribution in [2.24, 2.45) is 5.73 Å². The molecule has 0 aromatic heterocycles. The summed E-state index contributed by atoms with van der Waals surface area (Å²) in [5.74, 6) is -0.745. The maximum Gasteiger partial charge on any atom is 0.325 e. The van der Waals surface area contributed by atoms with Gasteiger partial charge in [0.05, 0.1) is 0 Å². The molecule has 1 heterocycles.